The molecule has 0 bridgehead atoms. The van der Waals surface area contributed by atoms with Gasteiger partial charge >= 0.3 is 0 Å². The second-order valence-corrected chi connectivity index (χ2v) is 8.29. The minimum absolute atomic E-state index is 0.853. The lowest BCUT2D eigenvalue weighted by molar-refractivity contribution is 1.65. The molecule has 0 heterocycles. The molecular weight excluding hydrogens is 86.9 g/mol. The van der Waals surface area contributed by atoms with Gasteiger partial charge in [0.15, 0.2) is 0 Å². The zero-order valence-electron chi connectivity index (χ0n) is 4.78. The molecule has 0 aliphatic heterocycles. The maximum absolute atomic E-state index is 5.37. The topological polar surface area (TPSA) is 0 Å². The molecule has 0 aliphatic carbocycles. The van der Waals surface area contributed by atoms with Crippen molar-refractivity contribution in [2.24, 2.45) is 0 Å². The lowest BCUT2D eigenvalue weighted by Gasteiger charge is -2.09. The van der Waals surface area contributed by atoms with Crippen LogP contribution in [0.2, 0.25) is 25.6 Å². The fourth-order valence-electron chi connectivity index (χ4n) is 0. The van der Waals surface area contributed by atoms with E-state index in [1.807, 2.05) is 0 Å². The highest BCUT2D eigenvalue weighted by atomic mass is 28.3. The maximum atomic E-state index is 5.37. The van der Waals surface area contributed by atoms with E-state index in [4.69, 9.17) is 7.85 Å². The summed E-state index contributed by atoms with van der Waals surface area (Å²) in [5, 5.41) is 0. The molecule has 2 heteroatoms. The van der Waals surface area contributed by atoms with Crippen LogP contribution in [0, 0.1) is 0 Å². The molecule has 0 saturated carbocycles. The molecule has 0 aliphatic rings. The summed E-state index contributed by atoms with van der Waals surface area (Å²) in [5.74, 6) is 0.910. The zero-order valence-corrected chi connectivity index (χ0v) is 5.78. The van der Waals surface area contributed by atoms with E-state index in [1.54, 1.807) is 0 Å². The predicted molar refractivity (Wildman–Crippen MR) is 33.9 cm³/mol. The van der Waals surface area contributed by atoms with Gasteiger partial charge in [-0.1, -0.05) is 25.6 Å². The highest BCUT2D eigenvalue weighted by Crippen LogP contribution is 2.01. The van der Waals surface area contributed by atoms with E-state index in [1.165, 1.54) is 0 Å². The van der Waals surface area contributed by atoms with E-state index in [2.05, 4.69) is 19.6 Å². The van der Waals surface area contributed by atoms with Crippen molar-refractivity contribution in [3.05, 3.63) is 0 Å². The van der Waals surface area contributed by atoms with Crippen molar-refractivity contribution in [2.75, 3.05) is 0 Å². The molecule has 0 aromatic carbocycles. The second kappa shape index (κ2) is 1.83. The molecule has 6 heavy (non-hydrogen) atoms. The Balaban J connectivity index is 3.17. The summed E-state index contributed by atoms with van der Waals surface area (Å²) < 4.78 is 0. The van der Waals surface area contributed by atoms with Crippen LogP contribution in [0.5, 0.6) is 0 Å². The smallest absolute Gasteiger partial charge is 0.0612 e. The van der Waals surface area contributed by atoms with Crippen LogP contribution in [0.4, 0.5) is 0 Å². The summed E-state index contributed by atoms with van der Waals surface area (Å²) in [6, 6.07) is 0. The van der Waals surface area contributed by atoms with Crippen molar-refractivity contribution in [1.82, 2.24) is 0 Å². The first-order valence-electron chi connectivity index (χ1n) is 2.26. The van der Waals surface area contributed by atoms with Crippen LogP contribution in [0.1, 0.15) is 0 Å². The van der Waals surface area contributed by atoms with Gasteiger partial charge < -0.3 is 0 Å². The van der Waals surface area contributed by atoms with Crippen LogP contribution in [-0.4, -0.2) is 15.9 Å². The first kappa shape index (κ1) is 6.28. The molecule has 0 rings (SSSR count). The van der Waals surface area contributed by atoms with Crippen LogP contribution >= 0.6 is 0 Å². The molecule has 0 fully saturated rings. The van der Waals surface area contributed by atoms with Crippen LogP contribution in [-0.2, 0) is 0 Å². The third-order valence-corrected chi connectivity index (χ3v) is 1.84. The van der Waals surface area contributed by atoms with Gasteiger partial charge in [0, 0.05) is 8.07 Å². The Kier molecular flexibility index (Phi) is 1.91. The van der Waals surface area contributed by atoms with Gasteiger partial charge in [-0.25, -0.2) is 0 Å². The number of rotatable bonds is 1. The van der Waals surface area contributed by atoms with Crippen molar-refractivity contribution >= 4 is 15.9 Å². The Morgan fingerprint density at radius 2 is 1.50 bits per heavy atom. The Labute approximate surface area is 42.4 Å². The largest absolute Gasteiger partial charge is 0.0923 e. The molecule has 0 saturated heterocycles. The Morgan fingerprint density at radius 1 is 1.33 bits per heavy atom. The molecule has 0 aromatic rings. The molecule has 0 N–H and O–H groups in total. The van der Waals surface area contributed by atoms with Gasteiger partial charge in [-0.05, 0) is 0 Å². The van der Waals surface area contributed by atoms with E-state index < -0.39 is 8.07 Å². The van der Waals surface area contributed by atoms with Gasteiger partial charge in [-0.3, -0.25) is 0 Å². The normalized spacial score (nSPS) is 11.8. The highest BCUT2D eigenvalue weighted by Gasteiger charge is 2.06. The molecule has 0 nitrogen and oxygen atoms in total. The van der Waals surface area contributed by atoms with Crippen molar-refractivity contribution in [1.29, 1.82) is 0 Å². The van der Waals surface area contributed by atoms with Crippen LogP contribution in [0.15, 0.2) is 0 Å². The average molecular weight is 98.0 g/mol. The molecule has 0 spiro atoms. The van der Waals surface area contributed by atoms with Crippen molar-refractivity contribution < 1.29 is 0 Å². The van der Waals surface area contributed by atoms with Gasteiger partial charge in [-0.2, -0.15) is 0 Å². The quantitative estimate of drug-likeness (QED) is 0.435. The van der Waals surface area contributed by atoms with Crippen molar-refractivity contribution in [2.45, 2.75) is 25.6 Å². The monoisotopic (exact) mass is 98.1 g/mol. The number of hydrogen-bond acceptors (Lipinski definition) is 0. The fraction of sp³-hybridized carbons (Fsp3) is 1.00. The fourth-order valence-corrected chi connectivity index (χ4v) is 0. The Bertz CT molecular complexity index is 37.3. The second-order valence-electron chi connectivity index (χ2n) is 2.76. The van der Waals surface area contributed by atoms with Crippen molar-refractivity contribution in [3.63, 3.8) is 0 Å². The van der Waals surface area contributed by atoms with Gasteiger partial charge in [-0.15, -0.1) is 0 Å². The molecule has 2 radical (unpaired) electrons. The first-order chi connectivity index (χ1) is 2.56. The summed E-state index contributed by atoms with van der Waals surface area (Å²) in [6.07, 6.45) is 0. The SMILES string of the molecule is [B]C[Si](C)(C)C. The van der Waals surface area contributed by atoms with E-state index in [-0.39, 0.29) is 0 Å². The van der Waals surface area contributed by atoms with E-state index in [9.17, 15) is 0 Å². The molecule has 0 unspecified atom stereocenters. The summed E-state index contributed by atoms with van der Waals surface area (Å²) in [6.45, 7) is 6.77. The van der Waals surface area contributed by atoms with E-state index >= 15 is 0 Å². The predicted octanol–water partition coefficient (Wildman–Crippen LogP) is 1.45. The lowest BCUT2D eigenvalue weighted by Crippen LogP contribution is -2.18. The highest BCUT2D eigenvalue weighted by molar-refractivity contribution is 6.80. The summed E-state index contributed by atoms with van der Waals surface area (Å²) in [7, 11) is 4.51. The lowest BCUT2D eigenvalue weighted by atomic mass is 10.2. The van der Waals surface area contributed by atoms with Gasteiger partial charge in [0.05, 0.1) is 7.85 Å². The van der Waals surface area contributed by atoms with E-state index in [0.717, 1.165) is 5.94 Å². The first-order valence-corrected chi connectivity index (χ1v) is 5.97. The maximum Gasteiger partial charge on any atom is 0.0612 e. The summed E-state index contributed by atoms with van der Waals surface area (Å²) >= 11 is 0. The van der Waals surface area contributed by atoms with Crippen LogP contribution < -0.4 is 0 Å². The summed E-state index contributed by atoms with van der Waals surface area (Å²) in [5.41, 5.74) is 0. The Hall–Kier alpha value is 0.282. The molecule has 0 aromatic heterocycles. The third kappa shape index (κ3) is 4.28. The summed E-state index contributed by atoms with van der Waals surface area (Å²) in [4.78, 5) is 0. The van der Waals surface area contributed by atoms with Gasteiger partial charge in [0.25, 0.3) is 0 Å². The molecular formula is C4H11BSi. The van der Waals surface area contributed by atoms with E-state index in [0.29, 0.717) is 0 Å². The molecule has 0 amide bonds. The average Bonchev–Trinajstić information content (AvgIpc) is 1.35. The van der Waals surface area contributed by atoms with Gasteiger partial charge in [0.2, 0.25) is 0 Å². The Morgan fingerprint density at radius 3 is 1.50 bits per heavy atom. The molecule has 0 atom stereocenters. The minimum atomic E-state index is -0.853. The van der Waals surface area contributed by atoms with Crippen LogP contribution in [0.3, 0.4) is 0 Å². The van der Waals surface area contributed by atoms with Crippen molar-refractivity contribution in [3.8, 4) is 0 Å². The number of hydrogen-bond donors (Lipinski definition) is 0. The third-order valence-electron chi connectivity index (χ3n) is 0.612. The van der Waals surface area contributed by atoms with Crippen LogP contribution in [0.25, 0.3) is 0 Å². The zero-order chi connectivity index (χ0) is 5.21. The van der Waals surface area contributed by atoms with Gasteiger partial charge in [0.1, 0.15) is 0 Å². The standard InChI is InChI=1S/C4H11BSi/c1-6(2,3)4-5/h4H2,1-3H3. The molecule has 34 valence electrons. The minimum Gasteiger partial charge on any atom is -0.0923 e.